The minimum Gasteiger partial charge on any atom is -0.323 e. The van der Waals surface area contributed by atoms with E-state index in [2.05, 4.69) is 11.9 Å². The molecule has 1 saturated carbocycles. The van der Waals surface area contributed by atoms with Gasteiger partial charge in [-0.1, -0.05) is 13.3 Å². The molecule has 0 spiro atoms. The summed E-state index contributed by atoms with van der Waals surface area (Å²) in [5, 5.41) is 1.13. The topological polar surface area (TPSA) is 38.9 Å². The molecule has 0 aromatic carbocycles. The van der Waals surface area contributed by atoms with Crippen LogP contribution in [-0.2, 0) is 0 Å². The van der Waals surface area contributed by atoms with Crippen LogP contribution in [0, 0.1) is 18.8 Å². The van der Waals surface area contributed by atoms with Crippen molar-refractivity contribution < 1.29 is 0 Å². The highest BCUT2D eigenvalue weighted by molar-refractivity contribution is 7.11. The molecule has 1 aromatic rings. The third kappa shape index (κ3) is 1.98. The molecule has 1 fully saturated rings. The van der Waals surface area contributed by atoms with Crippen LogP contribution in [0.1, 0.15) is 42.1 Å². The molecule has 2 rings (SSSR count). The van der Waals surface area contributed by atoms with E-state index in [0.717, 1.165) is 10.9 Å². The molecule has 1 aromatic heterocycles. The quantitative estimate of drug-likeness (QED) is 0.815. The molecule has 14 heavy (non-hydrogen) atoms. The first-order chi connectivity index (χ1) is 6.66. The second kappa shape index (κ2) is 3.99. The molecule has 2 nitrogen and oxygen atoms in total. The second-order valence-corrected chi connectivity index (χ2v) is 5.75. The van der Waals surface area contributed by atoms with Gasteiger partial charge in [-0.25, -0.2) is 4.98 Å². The maximum atomic E-state index is 6.25. The molecular weight excluding hydrogens is 192 g/mol. The van der Waals surface area contributed by atoms with Crippen molar-refractivity contribution in [1.82, 2.24) is 4.98 Å². The molecule has 1 aliphatic carbocycles. The van der Waals surface area contributed by atoms with Gasteiger partial charge in [-0.3, -0.25) is 0 Å². The van der Waals surface area contributed by atoms with Crippen LogP contribution in [0.5, 0.6) is 0 Å². The maximum Gasteiger partial charge on any atom is 0.0897 e. The highest BCUT2D eigenvalue weighted by Gasteiger charge is 2.28. The summed E-state index contributed by atoms with van der Waals surface area (Å²) < 4.78 is 0. The Morgan fingerprint density at radius 1 is 1.57 bits per heavy atom. The van der Waals surface area contributed by atoms with Crippen LogP contribution in [0.2, 0.25) is 0 Å². The van der Waals surface area contributed by atoms with Crippen LogP contribution in [0.25, 0.3) is 0 Å². The molecule has 0 bridgehead atoms. The number of aryl methyl sites for hydroxylation is 1. The molecule has 0 amide bonds. The number of nitrogens with two attached hydrogens (primary N) is 1. The lowest BCUT2D eigenvalue weighted by Gasteiger charge is -2.16. The zero-order valence-corrected chi connectivity index (χ0v) is 9.68. The Labute approximate surface area is 89.5 Å². The molecule has 78 valence electrons. The monoisotopic (exact) mass is 210 g/mol. The molecule has 1 heterocycles. The summed E-state index contributed by atoms with van der Waals surface area (Å²) >= 11 is 1.75. The summed E-state index contributed by atoms with van der Waals surface area (Å²) in [5.74, 6) is 1.55. The minimum atomic E-state index is 0.228. The third-order valence-electron chi connectivity index (χ3n) is 3.21. The Bertz CT molecular complexity index is 308. The Kier molecular flexibility index (Phi) is 2.88. The van der Waals surface area contributed by atoms with Crippen LogP contribution in [0.15, 0.2) is 6.20 Å². The van der Waals surface area contributed by atoms with Gasteiger partial charge < -0.3 is 5.73 Å². The van der Waals surface area contributed by atoms with E-state index in [1.165, 1.54) is 24.1 Å². The van der Waals surface area contributed by atoms with E-state index >= 15 is 0 Å². The van der Waals surface area contributed by atoms with Crippen molar-refractivity contribution in [3.63, 3.8) is 0 Å². The first-order valence-electron chi connectivity index (χ1n) is 5.34. The van der Waals surface area contributed by atoms with Crippen LogP contribution < -0.4 is 5.73 Å². The molecule has 1 aliphatic rings. The highest BCUT2D eigenvalue weighted by Crippen LogP contribution is 2.38. The van der Waals surface area contributed by atoms with Crippen LogP contribution in [-0.4, -0.2) is 4.98 Å². The summed E-state index contributed by atoms with van der Waals surface area (Å²) in [5.41, 5.74) is 6.25. The predicted octanol–water partition coefficient (Wildman–Crippen LogP) is 2.89. The lowest BCUT2D eigenvalue weighted by Crippen LogP contribution is -2.18. The van der Waals surface area contributed by atoms with Gasteiger partial charge >= 0.3 is 0 Å². The third-order valence-corrected chi connectivity index (χ3v) is 4.23. The lowest BCUT2D eigenvalue weighted by atomic mass is 9.97. The van der Waals surface area contributed by atoms with E-state index in [0.29, 0.717) is 5.92 Å². The lowest BCUT2D eigenvalue weighted by molar-refractivity contribution is 0.433. The molecular formula is C11H18N2S. The van der Waals surface area contributed by atoms with E-state index in [4.69, 9.17) is 5.73 Å². The molecule has 0 saturated heterocycles. The number of rotatable bonds is 2. The maximum absolute atomic E-state index is 6.25. The van der Waals surface area contributed by atoms with Gasteiger partial charge in [-0.05, 0) is 31.6 Å². The van der Waals surface area contributed by atoms with E-state index < -0.39 is 0 Å². The summed E-state index contributed by atoms with van der Waals surface area (Å²) in [4.78, 5) is 5.53. The van der Waals surface area contributed by atoms with E-state index in [9.17, 15) is 0 Å². The summed E-state index contributed by atoms with van der Waals surface area (Å²) in [7, 11) is 0. The SMILES string of the molecule is Cc1ncc(C(N)C2CCC(C)C2)s1. The largest absolute Gasteiger partial charge is 0.323 e. The van der Waals surface area contributed by atoms with Gasteiger partial charge in [-0.15, -0.1) is 11.3 Å². The van der Waals surface area contributed by atoms with E-state index in [1.807, 2.05) is 13.1 Å². The fourth-order valence-corrected chi connectivity index (χ4v) is 3.22. The Morgan fingerprint density at radius 2 is 2.36 bits per heavy atom. The Balaban J connectivity index is 2.05. The van der Waals surface area contributed by atoms with Gasteiger partial charge in [0, 0.05) is 17.1 Å². The number of hydrogen-bond acceptors (Lipinski definition) is 3. The van der Waals surface area contributed by atoms with E-state index in [1.54, 1.807) is 11.3 Å². The summed E-state index contributed by atoms with van der Waals surface area (Å²) in [6.45, 7) is 4.36. The van der Waals surface area contributed by atoms with Crippen LogP contribution in [0.3, 0.4) is 0 Å². The van der Waals surface area contributed by atoms with E-state index in [-0.39, 0.29) is 6.04 Å². The van der Waals surface area contributed by atoms with Crippen molar-refractivity contribution in [3.8, 4) is 0 Å². The van der Waals surface area contributed by atoms with Crippen molar-refractivity contribution >= 4 is 11.3 Å². The van der Waals surface area contributed by atoms with Gasteiger partial charge in [0.2, 0.25) is 0 Å². The van der Waals surface area contributed by atoms with Crippen molar-refractivity contribution in [2.75, 3.05) is 0 Å². The average molecular weight is 210 g/mol. The number of hydrogen-bond donors (Lipinski definition) is 1. The van der Waals surface area contributed by atoms with Gasteiger partial charge in [0.1, 0.15) is 0 Å². The van der Waals surface area contributed by atoms with Gasteiger partial charge in [0.05, 0.1) is 5.01 Å². The minimum absolute atomic E-state index is 0.228. The number of thiazole rings is 1. The smallest absolute Gasteiger partial charge is 0.0897 e. The fourth-order valence-electron chi connectivity index (χ4n) is 2.34. The molecule has 3 unspecified atom stereocenters. The molecule has 0 aliphatic heterocycles. The molecule has 3 heteroatoms. The Morgan fingerprint density at radius 3 is 2.86 bits per heavy atom. The van der Waals surface area contributed by atoms with Crippen LogP contribution in [0.4, 0.5) is 0 Å². The molecule has 0 radical (unpaired) electrons. The zero-order chi connectivity index (χ0) is 10.1. The summed E-state index contributed by atoms with van der Waals surface area (Å²) in [6.07, 6.45) is 5.88. The fraction of sp³-hybridized carbons (Fsp3) is 0.727. The summed E-state index contributed by atoms with van der Waals surface area (Å²) in [6, 6.07) is 0.228. The van der Waals surface area contributed by atoms with Crippen molar-refractivity contribution in [3.05, 3.63) is 16.1 Å². The van der Waals surface area contributed by atoms with Gasteiger partial charge in [-0.2, -0.15) is 0 Å². The normalized spacial score (nSPS) is 29.4. The number of nitrogens with zero attached hydrogens (tertiary/aromatic N) is 1. The van der Waals surface area contributed by atoms with Crippen LogP contribution >= 0.6 is 11.3 Å². The Hall–Kier alpha value is -0.410. The van der Waals surface area contributed by atoms with Gasteiger partial charge in [0.15, 0.2) is 0 Å². The predicted molar refractivity (Wildman–Crippen MR) is 60.3 cm³/mol. The first-order valence-corrected chi connectivity index (χ1v) is 6.16. The number of aromatic nitrogens is 1. The highest BCUT2D eigenvalue weighted by atomic mass is 32.1. The van der Waals surface area contributed by atoms with Gasteiger partial charge in [0.25, 0.3) is 0 Å². The van der Waals surface area contributed by atoms with Crippen molar-refractivity contribution in [1.29, 1.82) is 0 Å². The average Bonchev–Trinajstić information content (AvgIpc) is 2.73. The zero-order valence-electron chi connectivity index (χ0n) is 8.86. The molecule has 3 atom stereocenters. The molecule has 2 N–H and O–H groups in total. The van der Waals surface area contributed by atoms with Crippen molar-refractivity contribution in [2.45, 2.75) is 39.2 Å². The standard InChI is InChI=1S/C11H18N2S/c1-7-3-4-9(5-7)11(12)10-6-13-8(2)14-10/h6-7,9,11H,3-5,12H2,1-2H3. The van der Waals surface area contributed by atoms with Crippen molar-refractivity contribution in [2.24, 2.45) is 17.6 Å². The second-order valence-electron chi connectivity index (χ2n) is 4.49. The first kappa shape index (κ1) is 10.1.